The maximum absolute atomic E-state index is 10.8. The Morgan fingerprint density at radius 1 is 1.50 bits per heavy atom. The Kier molecular flexibility index (Phi) is 5.33. The second-order valence-electron chi connectivity index (χ2n) is 4.00. The maximum atomic E-state index is 10.8. The van der Waals surface area contributed by atoms with Crippen molar-refractivity contribution in [2.75, 3.05) is 6.61 Å². The summed E-state index contributed by atoms with van der Waals surface area (Å²) in [6, 6.07) is 5.05. The predicted molar refractivity (Wildman–Crippen MR) is 66.4 cm³/mol. The first-order valence-corrected chi connectivity index (χ1v) is 5.92. The van der Waals surface area contributed by atoms with Crippen molar-refractivity contribution in [3.8, 4) is 5.75 Å². The monoisotopic (exact) mass is 240 g/mol. The number of hydrogen-bond acceptors (Lipinski definition) is 2. The molecule has 0 fully saturated rings. The van der Waals surface area contributed by atoms with Gasteiger partial charge in [0.25, 0.3) is 0 Å². The molecular formula is C13H17ClO2. The van der Waals surface area contributed by atoms with Gasteiger partial charge in [0.15, 0.2) is 6.29 Å². The molecule has 0 saturated heterocycles. The van der Waals surface area contributed by atoms with Crippen LogP contribution >= 0.6 is 11.6 Å². The Labute approximate surface area is 102 Å². The average Bonchev–Trinajstić information content (AvgIpc) is 2.27. The van der Waals surface area contributed by atoms with Crippen LogP contribution in [0.1, 0.15) is 37.0 Å². The van der Waals surface area contributed by atoms with Crippen molar-refractivity contribution in [2.24, 2.45) is 5.92 Å². The molecular weight excluding hydrogens is 224 g/mol. The van der Waals surface area contributed by atoms with Crippen LogP contribution in [0.15, 0.2) is 18.2 Å². The number of carbonyl (C=O) groups is 1. The molecule has 0 N–H and O–H groups in total. The lowest BCUT2D eigenvalue weighted by molar-refractivity contribution is 0.111. The molecule has 16 heavy (non-hydrogen) atoms. The van der Waals surface area contributed by atoms with Crippen LogP contribution in [0.3, 0.4) is 0 Å². The number of rotatable bonds is 6. The average molecular weight is 241 g/mol. The first-order chi connectivity index (χ1) is 7.67. The van der Waals surface area contributed by atoms with Gasteiger partial charge in [0, 0.05) is 5.02 Å². The van der Waals surface area contributed by atoms with Crippen molar-refractivity contribution in [1.29, 1.82) is 0 Å². The number of benzene rings is 1. The van der Waals surface area contributed by atoms with Gasteiger partial charge in [-0.1, -0.05) is 31.9 Å². The molecule has 0 aliphatic rings. The number of hydrogen-bond donors (Lipinski definition) is 0. The molecule has 2 nitrogen and oxygen atoms in total. The minimum atomic E-state index is 0.489. The van der Waals surface area contributed by atoms with E-state index < -0.39 is 0 Å². The molecule has 0 heterocycles. The van der Waals surface area contributed by atoms with Crippen molar-refractivity contribution >= 4 is 17.9 Å². The van der Waals surface area contributed by atoms with Crippen LogP contribution in [0.25, 0.3) is 0 Å². The smallest absolute Gasteiger partial charge is 0.153 e. The summed E-state index contributed by atoms with van der Waals surface area (Å²) in [7, 11) is 0. The van der Waals surface area contributed by atoms with E-state index in [1.807, 2.05) is 0 Å². The van der Waals surface area contributed by atoms with Gasteiger partial charge in [-0.05, 0) is 30.5 Å². The van der Waals surface area contributed by atoms with Gasteiger partial charge in [-0.3, -0.25) is 4.79 Å². The van der Waals surface area contributed by atoms with Crippen molar-refractivity contribution in [2.45, 2.75) is 26.7 Å². The topological polar surface area (TPSA) is 26.3 Å². The molecule has 1 atom stereocenters. The highest BCUT2D eigenvalue weighted by molar-refractivity contribution is 6.30. The first-order valence-electron chi connectivity index (χ1n) is 5.55. The summed E-state index contributed by atoms with van der Waals surface area (Å²) in [4.78, 5) is 10.8. The van der Waals surface area contributed by atoms with E-state index in [1.54, 1.807) is 18.2 Å². The Morgan fingerprint density at radius 2 is 2.25 bits per heavy atom. The van der Waals surface area contributed by atoms with E-state index in [0.717, 1.165) is 19.1 Å². The molecule has 0 aromatic heterocycles. The minimum absolute atomic E-state index is 0.489. The van der Waals surface area contributed by atoms with Gasteiger partial charge in [-0.25, -0.2) is 0 Å². The quantitative estimate of drug-likeness (QED) is 0.704. The Bertz CT molecular complexity index is 350. The van der Waals surface area contributed by atoms with Crippen LogP contribution in [0, 0.1) is 5.92 Å². The Hall–Kier alpha value is -1.02. The summed E-state index contributed by atoms with van der Waals surface area (Å²) in [6.07, 6.45) is 3.05. The second kappa shape index (κ2) is 6.54. The van der Waals surface area contributed by atoms with Crippen molar-refractivity contribution in [3.63, 3.8) is 0 Å². The van der Waals surface area contributed by atoms with Crippen LogP contribution in [0.4, 0.5) is 0 Å². The van der Waals surface area contributed by atoms with E-state index in [1.165, 1.54) is 0 Å². The summed E-state index contributed by atoms with van der Waals surface area (Å²) in [5, 5.41) is 0.587. The summed E-state index contributed by atoms with van der Waals surface area (Å²) in [6.45, 7) is 4.90. The molecule has 1 rings (SSSR count). The largest absolute Gasteiger partial charge is 0.493 e. The standard InChI is InChI=1S/C13H17ClO2/c1-3-4-10(2)9-16-13-7-12(14)6-5-11(13)8-15/h5-8,10H,3-4,9H2,1-2H3. The zero-order valence-corrected chi connectivity index (χ0v) is 10.5. The van der Waals surface area contributed by atoms with Gasteiger partial charge in [0.05, 0.1) is 12.2 Å². The molecule has 88 valence electrons. The number of halogens is 1. The fraction of sp³-hybridized carbons (Fsp3) is 0.462. The summed E-state index contributed by atoms with van der Waals surface area (Å²) in [5.41, 5.74) is 0.549. The Morgan fingerprint density at radius 3 is 2.88 bits per heavy atom. The number of carbonyl (C=O) groups excluding carboxylic acids is 1. The molecule has 0 aliphatic heterocycles. The zero-order valence-electron chi connectivity index (χ0n) is 9.70. The van der Waals surface area contributed by atoms with Gasteiger partial charge in [-0.15, -0.1) is 0 Å². The molecule has 0 saturated carbocycles. The number of ether oxygens (including phenoxy) is 1. The molecule has 0 radical (unpaired) electrons. The van der Waals surface area contributed by atoms with E-state index in [4.69, 9.17) is 16.3 Å². The van der Waals surface area contributed by atoms with Crippen LogP contribution in [-0.2, 0) is 0 Å². The normalized spacial score (nSPS) is 12.2. The van der Waals surface area contributed by atoms with Gasteiger partial charge in [0.1, 0.15) is 5.75 Å². The molecule has 1 unspecified atom stereocenters. The molecule has 0 aliphatic carbocycles. The maximum Gasteiger partial charge on any atom is 0.153 e. The summed E-state index contributed by atoms with van der Waals surface area (Å²) < 4.78 is 5.61. The third kappa shape index (κ3) is 3.86. The Balaban J connectivity index is 2.65. The lowest BCUT2D eigenvalue weighted by atomic mass is 10.1. The van der Waals surface area contributed by atoms with Crippen molar-refractivity contribution < 1.29 is 9.53 Å². The predicted octanol–water partition coefficient (Wildman–Crippen LogP) is 3.97. The summed E-state index contributed by atoms with van der Waals surface area (Å²) in [5.74, 6) is 1.06. The van der Waals surface area contributed by atoms with E-state index in [2.05, 4.69) is 13.8 Å². The van der Waals surface area contributed by atoms with E-state index in [9.17, 15) is 4.79 Å². The third-order valence-corrected chi connectivity index (χ3v) is 2.64. The lowest BCUT2D eigenvalue weighted by Gasteiger charge is -2.13. The van der Waals surface area contributed by atoms with Gasteiger partial charge < -0.3 is 4.74 Å². The van der Waals surface area contributed by atoms with Gasteiger partial charge >= 0.3 is 0 Å². The molecule has 0 spiro atoms. The van der Waals surface area contributed by atoms with Crippen LogP contribution in [0.2, 0.25) is 5.02 Å². The van der Waals surface area contributed by atoms with Crippen LogP contribution in [0.5, 0.6) is 5.75 Å². The lowest BCUT2D eigenvalue weighted by Crippen LogP contribution is -2.09. The number of aldehydes is 1. The van der Waals surface area contributed by atoms with Gasteiger partial charge in [-0.2, -0.15) is 0 Å². The molecule has 1 aromatic carbocycles. The van der Waals surface area contributed by atoms with Crippen LogP contribution in [-0.4, -0.2) is 12.9 Å². The molecule has 1 aromatic rings. The third-order valence-electron chi connectivity index (χ3n) is 2.41. The van der Waals surface area contributed by atoms with Gasteiger partial charge in [0.2, 0.25) is 0 Å². The highest BCUT2D eigenvalue weighted by Gasteiger charge is 2.06. The molecule has 3 heteroatoms. The van der Waals surface area contributed by atoms with E-state index in [0.29, 0.717) is 28.9 Å². The summed E-state index contributed by atoms with van der Waals surface area (Å²) >= 11 is 5.85. The molecule has 0 amide bonds. The fourth-order valence-corrected chi connectivity index (χ4v) is 1.70. The minimum Gasteiger partial charge on any atom is -0.493 e. The second-order valence-corrected chi connectivity index (χ2v) is 4.44. The van der Waals surface area contributed by atoms with Crippen molar-refractivity contribution in [1.82, 2.24) is 0 Å². The van der Waals surface area contributed by atoms with E-state index in [-0.39, 0.29) is 0 Å². The van der Waals surface area contributed by atoms with Crippen LogP contribution < -0.4 is 4.74 Å². The molecule has 0 bridgehead atoms. The first kappa shape index (κ1) is 13.0. The fourth-order valence-electron chi connectivity index (χ4n) is 1.54. The van der Waals surface area contributed by atoms with E-state index >= 15 is 0 Å². The zero-order chi connectivity index (χ0) is 12.0. The SMILES string of the molecule is CCCC(C)COc1cc(Cl)ccc1C=O. The highest BCUT2D eigenvalue weighted by Crippen LogP contribution is 2.23. The highest BCUT2D eigenvalue weighted by atomic mass is 35.5. The van der Waals surface area contributed by atoms with Crippen molar-refractivity contribution in [3.05, 3.63) is 28.8 Å².